The summed E-state index contributed by atoms with van der Waals surface area (Å²) in [5.74, 6) is -0.0841. The lowest BCUT2D eigenvalue weighted by molar-refractivity contribution is 0.0949. The number of benzene rings is 1. The van der Waals surface area contributed by atoms with Crippen LogP contribution >= 0.6 is 23.2 Å². The van der Waals surface area contributed by atoms with Crippen LogP contribution < -0.4 is 5.73 Å². The lowest BCUT2D eigenvalue weighted by Gasteiger charge is -2.08. The molecule has 0 amide bonds. The summed E-state index contributed by atoms with van der Waals surface area (Å²) in [6, 6.07) is 4.83. The Balaban J connectivity index is 2.37. The molecular formula is C10H9Cl2NO. The first-order valence-electron chi connectivity index (χ1n) is 4.32. The molecule has 0 atom stereocenters. The molecular weight excluding hydrogens is 221 g/mol. The molecule has 1 aromatic rings. The second kappa shape index (κ2) is 3.23. The van der Waals surface area contributed by atoms with Gasteiger partial charge in [-0.3, -0.25) is 4.79 Å². The Morgan fingerprint density at radius 1 is 1.36 bits per heavy atom. The van der Waals surface area contributed by atoms with E-state index in [9.17, 15) is 4.79 Å². The van der Waals surface area contributed by atoms with Crippen LogP contribution in [0.2, 0.25) is 10.0 Å². The van der Waals surface area contributed by atoms with Gasteiger partial charge in [0.2, 0.25) is 0 Å². The van der Waals surface area contributed by atoms with Crippen LogP contribution in [-0.2, 0) is 0 Å². The van der Waals surface area contributed by atoms with Crippen molar-refractivity contribution in [1.82, 2.24) is 0 Å². The number of Topliss-reactive ketones (excluding diaryl/α,β-unsaturated/α-hetero) is 1. The predicted octanol–water partition coefficient (Wildman–Crippen LogP) is 2.67. The van der Waals surface area contributed by atoms with Gasteiger partial charge in [-0.25, -0.2) is 0 Å². The number of ketones is 1. The van der Waals surface area contributed by atoms with Crippen LogP contribution in [0.4, 0.5) is 0 Å². The lowest BCUT2D eigenvalue weighted by atomic mass is 10.0. The zero-order chi connectivity index (χ0) is 10.3. The molecule has 2 N–H and O–H groups in total. The third-order valence-corrected chi connectivity index (χ3v) is 2.96. The third kappa shape index (κ3) is 1.65. The van der Waals surface area contributed by atoms with Crippen molar-refractivity contribution in [2.75, 3.05) is 0 Å². The highest BCUT2D eigenvalue weighted by Crippen LogP contribution is 2.37. The van der Waals surface area contributed by atoms with Crippen LogP contribution in [-0.4, -0.2) is 11.3 Å². The SMILES string of the molecule is NC1(C(=O)c2ccc(Cl)cc2Cl)CC1. The molecule has 1 aromatic carbocycles. The molecule has 0 radical (unpaired) electrons. The number of rotatable bonds is 2. The van der Waals surface area contributed by atoms with Gasteiger partial charge in [-0.2, -0.15) is 0 Å². The Bertz CT molecular complexity index is 399. The number of nitrogens with two attached hydrogens (primary N) is 1. The van der Waals surface area contributed by atoms with Crippen LogP contribution in [0.25, 0.3) is 0 Å². The van der Waals surface area contributed by atoms with E-state index in [0.717, 1.165) is 12.8 Å². The second-order valence-electron chi connectivity index (χ2n) is 3.61. The molecule has 0 saturated heterocycles. The first-order valence-corrected chi connectivity index (χ1v) is 5.07. The molecule has 1 fully saturated rings. The lowest BCUT2D eigenvalue weighted by Crippen LogP contribution is -2.32. The van der Waals surface area contributed by atoms with Gasteiger partial charge in [0, 0.05) is 10.6 Å². The zero-order valence-electron chi connectivity index (χ0n) is 7.39. The molecule has 1 aliphatic carbocycles. The van der Waals surface area contributed by atoms with E-state index in [2.05, 4.69) is 0 Å². The smallest absolute Gasteiger partial charge is 0.184 e. The summed E-state index contributed by atoms with van der Waals surface area (Å²) in [6.07, 6.45) is 1.48. The summed E-state index contributed by atoms with van der Waals surface area (Å²) in [6.45, 7) is 0. The van der Waals surface area contributed by atoms with Crippen molar-refractivity contribution in [1.29, 1.82) is 0 Å². The quantitative estimate of drug-likeness (QED) is 0.793. The number of carbonyl (C=O) groups is 1. The van der Waals surface area contributed by atoms with Crippen molar-refractivity contribution in [3.05, 3.63) is 33.8 Å². The maximum Gasteiger partial charge on any atom is 0.184 e. The normalized spacial score (nSPS) is 17.9. The highest BCUT2D eigenvalue weighted by Gasteiger charge is 2.46. The van der Waals surface area contributed by atoms with E-state index in [1.54, 1.807) is 18.2 Å². The third-order valence-electron chi connectivity index (χ3n) is 2.42. The number of hydrogen-bond donors (Lipinski definition) is 1. The number of halogens is 2. The molecule has 0 bridgehead atoms. The molecule has 0 aromatic heterocycles. The minimum absolute atomic E-state index is 0.0841. The van der Waals surface area contributed by atoms with E-state index >= 15 is 0 Å². The fraction of sp³-hybridized carbons (Fsp3) is 0.300. The first kappa shape index (κ1) is 9.97. The average Bonchev–Trinajstić information content (AvgIpc) is 2.84. The highest BCUT2D eigenvalue weighted by molar-refractivity contribution is 6.37. The van der Waals surface area contributed by atoms with Gasteiger partial charge in [-0.15, -0.1) is 0 Å². The maximum atomic E-state index is 11.8. The fourth-order valence-electron chi connectivity index (χ4n) is 1.30. The predicted molar refractivity (Wildman–Crippen MR) is 56.9 cm³/mol. The van der Waals surface area contributed by atoms with Crippen LogP contribution in [0.3, 0.4) is 0 Å². The van der Waals surface area contributed by atoms with Crippen molar-refractivity contribution in [3.63, 3.8) is 0 Å². The van der Waals surface area contributed by atoms with E-state index < -0.39 is 5.54 Å². The topological polar surface area (TPSA) is 43.1 Å². The molecule has 0 spiro atoms. The molecule has 1 saturated carbocycles. The Hall–Kier alpha value is -0.570. The van der Waals surface area contributed by atoms with Gasteiger partial charge >= 0.3 is 0 Å². The van der Waals surface area contributed by atoms with E-state index in [4.69, 9.17) is 28.9 Å². The van der Waals surface area contributed by atoms with Gasteiger partial charge in [0.05, 0.1) is 10.6 Å². The summed E-state index contributed by atoms with van der Waals surface area (Å²) in [7, 11) is 0. The number of carbonyl (C=O) groups excluding carboxylic acids is 1. The monoisotopic (exact) mass is 229 g/mol. The average molecular weight is 230 g/mol. The summed E-state index contributed by atoms with van der Waals surface area (Å²) in [5, 5.41) is 0.896. The van der Waals surface area contributed by atoms with Crippen molar-refractivity contribution in [2.24, 2.45) is 5.73 Å². The van der Waals surface area contributed by atoms with Crippen molar-refractivity contribution >= 4 is 29.0 Å². The van der Waals surface area contributed by atoms with Gasteiger partial charge < -0.3 is 5.73 Å². The van der Waals surface area contributed by atoms with E-state index in [-0.39, 0.29) is 5.78 Å². The minimum atomic E-state index is -0.669. The second-order valence-corrected chi connectivity index (χ2v) is 4.45. The Labute approximate surface area is 92.0 Å². The first-order chi connectivity index (χ1) is 6.53. The Morgan fingerprint density at radius 2 is 2.00 bits per heavy atom. The highest BCUT2D eigenvalue weighted by atomic mass is 35.5. The van der Waals surface area contributed by atoms with E-state index in [0.29, 0.717) is 15.6 Å². The Kier molecular flexibility index (Phi) is 2.30. The van der Waals surface area contributed by atoms with E-state index in [1.807, 2.05) is 0 Å². The van der Waals surface area contributed by atoms with Crippen LogP contribution in [0, 0.1) is 0 Å². The van der Waals surface area contributed by atoms with Crippen LogP contribution in [0.15, 0.2) is 18.2 Å². The molecule has 1 aliphatic rings. The molecule has 4 heteroatoms. The largest absolute Gasteiger partial charge is 0.319 e. The van der Waals surface area contributed by atoms with Gasteiger partial charge in [0.25, 0.3) is 0 Å². The maximum absolute atomic E-state index is 11.8. The summed E-state index contributed by atoms with van der Waals surface area (Å²) < 4.78 is 0. The van der Waals surface area contributed by atoms with Crippen molar-refractivity contribution in [3.8, 4) is 0 Å². The number of hydrogen-bond acceptors (Lipinski definition) is 2. The molecule has 0 heterocycles. The standard InChI is InChI=1S/C10H9Cl2NO/c11-6-1-2-7(8(12)5-6)9(14)10(13)3-4-10/h1-2,5H,3-4,13H2. The molecule has 14 heavy (non-hydrogen) atoms. The molecule has 2 nitrogen and oxygen atoms in total. The molecule has 0 unspecified atom stereocenters. The molecule has 74 valence electrons. The van der Waals surface area contributed by atoms with Gasteiger partial charge in [0.1, 0.15) is 0 Å². The van der Waals surface area contributed by atoms with Crippen molar-refractivity contribution in [2.45, 2.75) is 18.4 Å². The summed E-state index contributed by atoms with van der Waals surface area (Å²) in [4.78, 5) is 11.8. The molecule has 0 aliphatic heterocycles. The fourth-order valence-corrected chi connectivity index (χ4v) is 1.80. The summed E-state index contributed by atoms with van der Waals surface area (Å²) >= 11 is 11.6. The van der Waals surface area contributed by atoms with Crippen molar-refractivity contribution < 1.29 is 4.79 Å². The van der Waals surface area contributed by atoms with E-state index in [1.165, 1.54) is 0 Å². The van der Waals surface area contributed by atoms with Gasteiger partial charge in [0.15, 0.2) is 5.78 Å². The van der Waals surface area contributed by atoms with Crippen LogP contribution in [0.1, 0.15) is 23.2 Å². The minimum Gasteiger partial charge on any atom is -0.319 e. The molecule has 2 rings (SSSR count). The Morgan fingerprint density at radius 3 is 2.50 bits per heavy atom. The van der Waals surface area contributed by atoms with Crippen LogP contribution in [0.5, 0.6) is 0 Å². The van der Waals surface area contributed by atoms with Gasteiger partial charge in [-0.1, -0.05) is 23.2 Å². The zero-order valence-corrected chi connectivity index (χ0v) is 8.90. The van der Waals surface area contributed by atoms with Gasteiger partial charge in [-0.05, 0) is 31.0 Å². The summed E-state index contributed by atoms with van der Waals surface area (Å²) in [5.41, 5.74) is 5.59.